The van der Waals surface area contributed by atoms with Crippen molar-refractivity contribution in [1.82, 2.24) is 0 Å². The standard InChI is InChI=1S/C20H23NO5.ClH/c1-12(22)25-19-15-8-10-20(2,3)26-18(15)14-7-5-4-6-13(14)17(19)21-11-9-16(23)24;/h4-7,21H,8-11H2,1-3H3,(H,23,24);1H. The van der Waals surface area contributed by atoms with E-state index in [0.29, 0.717) is 17.9 Å². The summed E-state index contributed by atoms with van der Waals surface area (Å²) in [6, 6.07) is 7.70. The molecular weight excluding hydrogens is 370 g/mol. The number of carboxylic acids is 1. The van der Waals surface area contributed by atoms with Crippen LogP contribution in [-0.2, 0) is 16.0 Å². The summed E-state index contributed by atoms with van der Waals surface area (Å²) >= 11 is 0. The summed E-state index contributed by atoms with van der Waals surface area (Å²) in [5, 5.41) is 13.8. The van der Waals surface area contributed by atoms with Crippen LogP contribution in [0.3, 0.4) is 0 Å². The number of nitrogens with one attached hydrogen (secondary N) is 1. The number of fused-ring (bicyclic) bond motifs is 3. The fourth-order valence-electron chi connectivity index (χ4n) is 3.26. The van der Waals surface area contributed by atoms with Gasteiger partial charge in [0, 0.05) is 29.8 Å². The molecule has 146 valence electrons. The second-order valence-electron chi connectivity index (χ2n) is 7.08. The van der Waals surface area contributed by atoms with Crippen LogP contribution in [0.4, 0.5) is 5.69 Å². The molecule has 1 heterocycles. The van der Waals surface area contributed by atoms with Crippen molar-refractivity contribution in [3.63, 3.8) is 0 Å². The number of hydrogen-bond acceptors (Lipinski definition) is 5. The average Bonchev–Trinajstić information content (AvgIpc) is 2.56. The molecular formula is C20H24ClNO5. The van der Waals surface area contributed by atoms with E-state index in [9.17, 15) is 9.59 Å². The summed E-state index contributed by atoms with van der Waals surface area (Å²) in [5.41, 5.74) is 1.18. The third-order valence-electron chi connectivity index (χ3n) is 4.46. The Hall–Kier alpha value is -2.47. The minimum atomic E-state index is -0.890. The smallest absolute Gasteiger partial charge is 0.308 e. The summed E-state index contributed by atoms with van der Waals surface area (Å²) in [6.45, 7) is 5.67. The van der Waals surface area contributed by atoms with Crippen molar-refractivity contribution in [2.45, 2.75) is 45.6 Å². The first-order valence-corrected chi connectivity index (χ1v) is 8.69. The molecule has 2 N–H and O–H groups in total. The van der Waals surface area contributed by atoms with E-state index < -0.39 is 11.9 Å². The highest BCUT2D eigenvalue weighted by Crippen LogP contribution is 2.48. The first-order chi connectivity index (χ1) is 12.3. The maximum absolute atomic E-state index is 11.7. The van der Waals surface area contributed by atoms with Gasteiger partial charge in [0.05, 0.1) is 12.1 Å². The van der Waals surface area contributed by atoms with Crippen LogP contribution in [0.15, 0.2) is 24.3 Å². The van der Waals surface area contributed by atoms with Crippen LogP contribution in [0.1, 0.15) is 39.2 Å². The number of carbonyl (C=O) groups excluding carboxylic acids is 1. The molecule has 0 radical (unpaired) electrons. The molecule has 7 heteroatoms. The normalized spacial score (nSPS) is 14.5. The van der Waals surface area contributed by atoms with Gasteiger partial charge in [-0.2, -0.15) is 0 Å². The molecule has 0 aliphatic carbocycles. The van der Waals surface area contributed by atoms with Gasteiger partial charge in [-0.05, 0) is 26.7 Å². The third kappa shape index (κ3) is 4.45. The Labute approximate surface area is 164 Å². The Morgan fingerprint density at radius 1 is 1.26 bits per heavy atom. The van der Waals surface area contributed by atoms with Crippen LogP contribution in [-0.4, -0.2) is 29.2 Å². The Morgan fingerprint density at radius 2 is 1.93 bits per heavy atom. The number of carboxylic acid groups (broad SMARTS) is 1. The van der Waals surface area contributed by atoms with Gasteiger partial charge < -0.3 is 19.9 Å². The molecule has 1 aliphatic heterocycles. The summed E-state index contributed by atoms with van der Waals surface area (Å²) < 4.78 is 11.8. The maximum atomic E-state index is 11.7. The van der Waals surface area contributed by atoms with Gasteiger partial charge in [0.1, 0.15) is 11.4 Å². The Morgan fingerprint density at radius 3 is 2.56 bits per heavy atom. The van der Waals surface area contributed by atoms with Gasteiger partial charge in [-0.25, -0.2) is 0 Å². The van der Waals surface area contributed by atoms with Crippen molar-refractivity contribution in [1.29, 1.82) is 0 Å². The lowest BCUT2D eigenvalue weighted by Gasteiger charge is -2.35. The number of anilines is 1. The lowest BCUT2D eigenvalue weighted by Crippen LogP contribution is -2.33. The highest BCUT2D eigenvalue weighted by atomic mass is 35.5. The van der Waals surface area contributed by atoms with Crippen molar-refractivity contribution in [2.75, 3.05) is 11.9 Å². The monoisotopic (exact) mass is 393 g/mol. The molecule has 1 aliphatic rings. The molecule has 3 rings (SSSR count). The van der Waals surface area contributed by atoms with Crippen LogP contribution >= 0.6 is 12.4 Å². The lowest BCUT2D eigenvalue weighted by atomic mass is 9.90. The van der Waals surface area contributed by atoms with Crippen LogP contribution < -0.4 is 14.8 Å². The number of hydrogen-bond donors (Lipinski definition) is 2. The number of esters is 1. The van der Waals surface area contributed by atoms with Gasteiger partial charge in [0.15, 0.2) is 5.75 Å². The SMILES string of the molecule is CC(=O)Oc1c2c(c3ccccc3c1NCCC(=O)O)OC(C)(C)CC2.Cl. The van der Waals surface area contributed by atoms with E-state index in [-0.39, 0.29) is 31.0 Å². The van der Waals surface area contributed by atoms with Crippen molar-refractivity contribution >= 4 is 40.8 Å². The first kappa shape index (κ1) is 20.8. The summed E-state index contributed by atoms with van der Waals surface area (Å²) in [5.74, 6) is -0.142. The Kier molecular flexibility index (Phi) is 6.21. The van der Waals surface area contributed by atoms with Gasteiger partial charge in [0.25, 0.3) is 0 Å². The van der Waals surface area contributed by atoms with E-state index >= 15 is 0 Å². The van der Waals surface area contributed by atoms with Crippen LogP contribution in [0.25, 0.3) is 10.8 Å². The quantitative estimate of drug-likeness (QED) is 0.585. The summed E-state index contributed by atoms with van der Waals surface area (Å²) in [6.07, 6.45) is 1.47. The van der Waals surface area contributed by atoms with E-state index in [4.69, 9.17) is 14.6 Å². The molecule has 0 atom stereocenters. The second kappa shape index (κ2) is 8.05. The summed E-state index contributed by atoms with van der Waals surface area (Å²) in [4.78, 5) is 22.6. The number of rotatable bonds is 5. The number of carbonyl (C=O) groups is 2. The molecule has 27 heavy (non-hydrogen) atoms. The van der Waals surface area contributed by atoms with E-state index in [1.54, 1.807) is 0 Å². The topological polar surface area (TPSA) is 84.9 Å². The minimum Gasteiger partial charge on any atom is -0.487 e. The average molecular weight is 394 g/mol. The molecule has 0 saturated carbocycles. The van der Waals surface area contributed by atoms with Crippen molar-refractivity contribution in [3.8, 4) is 11.5 Å². The molecule has 2 aromatic rings. The van der Waals surface area contributed by atoms with E-state index in [1.807, 2.05) is 38.1 Å². The van der Waals surface area contributed by atoms with Crippen molar-refractivity contribution in [2.24, 2.45) is 0 Å². The van der Waals surface area contributed by atoms with Gasteiger partial charge in [-0.3, -0.25) is 9.59 Å². The molecule has 0 unspecified atom stereocenters. The molecule has 0 fully saturated rings. The zero-order valence-corrected chi connectivity index (χ0v) is 16.4. The largest absolute Gasteiger partial charge is 0.487 e. The first-order valence-electron chi connectivity index (χ1n) is 8.69. The van der Waals surface area contributed by atoms with Crippen LogP contribution in [0.2, 0.25) is 0 Å². The number of aliphatic carboxylic acids is 1. The number of ether oxygens (including phenoxy) is 2. The number of benzene rings is 2. The second-order valence-corrected chi connectivity index (χ2v) is 7.08. The van der Waals surface area contributed by atoms with Crippen molar-refractivity contribution < 1.29 is 24.2 Å². The Balaban J connectivity index is 0.00000261. The zero-order chi connectivity index (χ0) is 18.9. The summed E-state index contributed by atoms with van der Waals surface area (Å²) in [7, 11) is 0. The Bertz CT molecular complexity index is 878. The van der Waals surface area contributed by atoms with Gasteiger partial charge in [-0.15, -0.1) is 12.4 Å². The lowest BCUT2D eigenvalue weighted by molar-refractivity contribution is -0.136. The molecule has 0 bridgehead atoms. The third-order valence-corrected chi connectivity index (χ3v) is 4.46. The molecule has 6 nitrogen and oxygen atoms in total. The van der Waals surface area contributed by atoms with E-state index in [1.165, 1.54) is 6.92 Å². The molecule has 2 aromatic carbocycles. The predicted octanol–water partition coefficient (Wildman–Crippen LogP) is 4.18. The maximum Gasteiger partial charge on any atom is 0.308 e. The van der Waals surface area contributed by atoms with Crippen LogP contribution in [0, 0.1) is 0 Å². The molecule has 0 aromatic heterocycles. The fourth-order valence-corrected chi connectivity index (χ4v) is 3.26. The zero-order valence-electron chi connectivity index (χ0n) is 15.6. The number of halogens is 1. The minimum absolute atomic E-state index is 0. The molecule has 0 amide bonds. The molecule has 0 saturated heterocycles. The fraction of sp³-hybridized carbons (Fsp3) is 0.400. The van der Waals surface area contributed by atoms with Gasteiger partial charge in [0.2, 0.25) is 0 Å². The van der Waals surface area contributed by atoms with Gasteiger partial charge in [-0.1, -0.05) is 24.3 Å². The highest BCUT2D eigenvalue weighted by Gasteiger charge is 2.32. The van der Waals surface area contributed by atoms with Gasteiger partial charge >= 0.3 is 11.9 Å². The predicted molar refractivity (Wildman–Crippen MR) is 106 cm³/mol. The molecule has 0 spiro atoms. The van der Waals surface area contributed by atoms with E-state index in [2.05, 4.69) is 5.32 Å². The van der Waals surface area contributed by atoms with E-state index in [0.717, 1.165) is 28.5 Å². The van der Waals surface area contributed by atoms with Crippen molar-refractivity contribution in [3.05, 3.63) is 29.8 Å². The highest BCUT2D eigenvalue weighted by molar-refractivity contribution is 6.03. The van der Waals surface area contributed by atoms with Crippen LogP contribution in [0.5, 0.6) is 11.5 Å².